The molecule has 0 spiro atoms. The molecule has 0 bridgehead atoms. The normalized spacial score (nSPS) is 13.6. The van der Waals surface area contributed by atoms with Crippen molar-refractivity contribution < 1.29 is 19.1 Å². The summed E-state index contributed by atoms with van der Waals surface area (Å²) in [5, 5.41) is 2.86. The third-order valence-electron chi connectivity index (χ3n) is 4.49. The maximum absolute atomic E-state index is 12.5. The van der Waals surface area contributed by atoms with Gasteiger partial charge in [-0.25, -0.2) is 0 Å². The van der Waals surface area contributed by atoms with Crippen LogP contribution in [0.5, 0.6) is 11.5 Å². The number of anilines is 1. The van der Waals surface area contributed by atoms with E-state index in [0.29, 0.717) is 5.75 Å². The first-order valence-electron chi connectivity index (χ1n) is 8.55. The summed E-state index contributed by atoms with van der Waals surface area (Å²) in [7, 11) is 1.51. The van der Waals surface area contributed by atoms with Gasteiger partial charge in [0.05, 0.1) is 12.7 Å². The van der Waals surface area contributed by atoms with Gasteiger partial charge in [-0.3, -0.25) is 9.59 Å². The number of nitrogens with two attached hydrogens (primary N) is 1. The fourth-order valence-electron chi connectivity index (χ4n) is 3.07. The van der Waals surface area contributed by atoms with Gasteiger partial charge in [0.1, 0.15) is 11.5 Å². The van der Waals surface area contributed by atoms with Gasteiger partial charge in [0.2, 0.25) is 0 Å². The molecule has 2 aromatic carbocycles. The van der Waals surface area contributed by atoms with Crippen LogP contribution in [0.2, 0.25) is 0 Å². The van der Waals surface area contributed by atoms with Crippen LogP contribution in [-0.2, 0) is 17.6 Å². The second kappa shape index (κ2) is 7.47. The van der Waals surface area contributed by atoms with Crippen molar-refractivity contribution in [3.05, 3.63) is 53.1 Å². The van der Waals surface area contributed by atoms with Gasteiger partial charge in [0.15, 0.2) is 6.10 Å². The Balaban J connectivity index is 1.72. The second-order valence-electron chi connectivity index (χ2n) is 6.31. The summed E-state index contributed by atoms with van der Waals surface area (Å²) in [4.78, 5) is 24.0. The summed E-state index contributed by atoms with van der Waals surface area (Å²) in [5.41, 5.74) is 8.93. The van der Waals surface area contributed by atoms with Crippen LogP contribution in [-0.4, -0.2) is 25.0 Å². The minimum Gasteiger partial charge on any atom is -0.497 e. The molecule has 1 aliphatic carbocycles. The van der Waals surface area contributed by atoms with Crippen LogP contribution in [0, 0.1) is 0 Å². The zero-order valence-electron chi connectivity index (χ0n) is 14.9. The molecule has 2 amide bonds. The number of carbonyl (C=O) groups excluding carboxylic acids is 2. The van der Waals surface area contributed by atoms with Gasteiger partial charge in [0.25, 0.3) is 11.8 Å². The fraction of sp³-hybridized carbons (Fsp3) is 0.300. The van der Waals surface area contributed by atoms with E-state index in [1.54, 1.807) is 19.1 Å². The third kappa shape index (κ3) is 3.79. The lowest BCUT2D eigenvalue weighted by Gasteiger charge is -2.17. The Labute approximate surface area is 152 Å². The molecule has 1 unspecified atom stereocenters. The molecule has 1 aliphatic rings. The molecular weight excluding hydrogens is 332 g/mol. The average Bonchev–Trinajstić information content (AvgIpc) is 3.09. The number of amides is 2. The van der Waals surface area contributed by atoms with Crippen molar-refractivity contribution in [3.8, 4) is 11.5 Å². The van der Waals surface area contributed by atoms with Crippen LogP contribution in [0.3, 0.4) is 0 Å². The van der Waals surface area contributed by atoms with Gasteiger partial charge in [-0.2, -0.15) is 0 Å². The van der Waals surface area contributed by atoms with E-state index in [1.165, 1.54) is 24.3 Å². The molecule has 6 heteroatoms. The molecule has 6 nitrogen and oxygen atoms in total. The Kier molecular flexibility index (Phi) is 5.11. The van der Waals surface area contributed by atoms with E-state index in [1.807, 2.05) is 12.1 Å². The minimum atomic E-state index is -0.812. The topological polar surface area (TPSA) is 90.7 Å². The number of rotatable bonds is 6. The van der Waals surface area contributed by atoms with E-state index < -0.39 is 12.0 Å². The first-order chi connectivity index (χ1) is 12.5. The van der Waals surface area contributed by atoms with Crippen molar-refractivity contribution in [1.82, 2.24) is 0 Å². The molecule has 0 heterocycles. The summed E-state index contributed by atoms with van der Waals surface area (Å²) in [6.07, 6.45) is 2.47. The maximum Gasteiger partial charge on any atom is 0.265 e. The molecule has 0 aliphatic heterocycles. The highest BCUT2D eigenvalue weighted by atomic mass is 16.5. The van der Waals surface area contributed by atoms with E-state index in [2.05, 4.69) is 11.4 Å². The van der Waals surface area contributed by atoms with Gasteiger partial charge in [-0.15, -0.1) is 0 Å². The smallest absolute Gasteiger partial charge is 0.265 e. The highest BCUT2D eigenvalue weighted by Gasteiger charge is 2.20. The Morgan fingerprint density at radius 1 is 1.12 bits per heavy atom. The van der Waals surface area contributed by atoms with Crippen LogP contribution in [0.15, 0.2) is 36.4 Å². The molecule has 136 valence electrons. The van der Waals surface area contributed by atoms with Crippen molar-refractivity contribution in [1.29, 1.82) is 0 Å². The number of ether oxygens (including phenoxy) is 2. The zero-order chi connectivity index (χ0) is 18.7. The van der Waals surface area contributed by atoms with Crippen LogP contribution >= 0.6 is 0 Å². The summed E-state index contributed by atoms with van der Waals surface area (Å²) in [6, 6.07) is 10.6. The van der Waals surface area contributed by atoms with Crippen molar-refractivity contribution >= 4 is 17.5 Å². The van der Waals surface area contributed by atoms with E-state index in [-0.39, 0.29) is 17.2 Å². The Morgan fingerprint density at radius 2 is 1.88 bits per heavy atom. The molecule has 2 aromatic rings. The van der Waals surface area contributed by atoms with Gasteiger partial charge in [-0.05, 0) is 61.6 Å². The number of hydrogen-bond acceptors (Lipinski definition) is 4. The molecule has 1 atom stereocenters. The Bertz CT molecular complexity index is 848. The van der Waals surface area contributed by atoms with Crippen molar-refractivity contribution in [2.24, 2.45) is 5.73 Å². The monoisotopic (exact) mass is 354 g/mol. The largest absolute Gasteiger partial charge is 0.497 e. The second-order valence-corrected chi connectivity index (χ2v) is 6.31. The van der Waals surface area contributed by atoms with Crippen LogP contribution in [0.25, 0.3) is 0 Å². The molecule has 3 rings (SSSR count). The summed E-state index contributed by atoms with van der Waals surface area (Å²) >= 11 is 0. The van der Waals surface area contributed by atoms with Gasteiger partial charge in [-0.1, -0.05) is 6.07 Å². The summed E-state index contributed by atoms with van der Waals surface area (Å²) in [6.45, 7) is 1.62. The highest BCUT2D eigenvalue weighted by molar-refractivity contribution is 5.97. The molecule has 0 saturated heterocycles. The average molecular weight is 354 g/mol. The van der Waals surface area contributed by atoms with Gasteiger partial charge < -0.3 is 20.5 Å². The molecule has 0 aromatic heterocycles. The predicted molar refractivity (Wildman–Crippen MR) is 98.7 cm³/mol. The number of primary amides is 1. The van der Waals surface area contributed by atoms with E-state index in [9.17, 15) is 9.59 Å². The molecule has 0 saturated carbocycles. The lowest BCUT2D eigenvalue weighted by molar-refractivity contribution is -0.122. The van der Waals surface area contributed by atoms with Crippen LogP contribution < -0.4 is 20.5 Å². The Hall–Kier alpha value is -3.02. The molecule has 0 fully saturated rings. The van der Waals surface area contributed by atoms with E-state index in [0.717, 1.165) is 24.9 Å². The van der Waals surface area contributed by atoms with Crippen LogP contribution in [0.4, 0.5) is 5.69 Å². The van der Waals surface area contributed by atoms with E-state index >= 15 is 0 Å². The molecular formula is C20H22N2O4. The number of methoxy groups -OCH3 is 1. The number of aryl methyl sites for hydroxylation is 2. The number of nitrogens with one attached hydrogen (secondary N) is 1. The summed E-state index contributed by atoms with van der Waals surface area (Å²) in [5.74, 6) is -0.209. The SMILES string of the molecule is COc1ccc(C(N)=O)c(OC(C)C(=O)Nc2ccc3c(c2)CCC3)c1. The predicted octanol–water partition coefficient (Wildman–Crippen LogP) is 2.69. The number of carbonyl (C=O) groups is 2. The van der Waals surface area contributed by atoms with Crippen LogP contribution in [0.1, 0.15) is 34.8 Å². The van der Waals surface area contributed by atoms with E-state index in [4.69, 9.17) is 15.2 Å². The Morgan fingerprint density at radius 3 is 2.62 bits per heavy atom. The first kappa shape index (κ1) is 17.8. The van der Waals surface area contributed by atoms with Crippen molar-refractivity contribution in [2.45, 2.75) is 32.3 Å². The lowest BCUT2D eigenvalue weighted by atomic mass is 10.1. The first-order valence-corrected chi connectivity index (χ1v) is 8.55. The number of benzene rings is 2. The molecule has 3 N–H and O–H groups in total. The molecule has 0 radical (unpaired) electrons. The number of fused-ring (bicyclic) bond motifs is 1. The molecule has 26 heavy (non-hydrogen) atoms. The standard InChI is InChI=1S/C20H22N2O4/c1-12(26-18-11-16(25-2)8-9-17(18)19(21)23)20(24)22-15-7-6-13-4-3-5-14(13)10-15/h6-12H,3-5H2,1-2H3,(H2,21,23)(H,22,24). The zero-order valence-corrected chi connectivity index (χ0v) is 14.9. The van der Waals surface area contributed by atoms with Crippen molar-refractivity contribution in [2.75, 3.05) is 12.4 Å². The maximum atomic E-state index is 12.5. The van der Waals surface area contributed by atoms with Gasteiger partial charge >= 0.3 is 0 Å². The van der Waals surface area contributed by atoms with Gasteiger partial charge in [0, 0.05) is 11.8 Å². The highest BCUT2D eigenvalue weighted by Crippen LogP contribution is 2.27. The fourth-order valence-corrected chi connectivity index (χ4v) is 3.07. The quantitative estimate of drug-likeness (QED) is 0.834. The number of hydrogen-bond donors (Lipinski definition) is 2. The summed E-state index contributed by atoms with van der Waals surface area (Å²) < 4.78 is 10.8. The minimum absolute atomic E-state index is 0.197. The third-order valence-corrected chi connectivity index (χ3v) is 4.49. The lowest BCUT2D eigenvalue weighted by Crippen LogP contribution is -2.31. The van der Waals surface area contributed by atoms with Crippen molar-refractivity contribution in [3.63, 3.8) is 0 Å².